The first-order valence-corrected chi connectivity index (χ1v) is 7.74. The predicted molar refractivity (Wildman–Crippen MR) is 88.5 cm³/mol. The zero-order valence-electron chi connectivity index (χ0n) is 14.1. The van der Waals surface area contributed by atoms with Crippen LogP contribution in [0.1, 0.15) is 42.9 Å². The van der Waals surface area contributed by atoms with Gasteiger partial charge in [-0.3, -0.25) is 4.79 Å². The summed E-state index contributed by atoms with van der Waals surface area (Å²) in [5, 5.41) is 0. The maximum Gasteiger partial charge on any atom is 0.158 e. The predicted octanol–water partition coefficient (Wildman–Crippen LogP) is 3.96. The van der Waals surface area contributed by atoms with Gasteiger partial charge in [0.05, 0.1) is 0 Å². The Balaban J connectivity index is 0.00000176. The number of carbonyl (C=O) groups is 1. The van der Waals surface area contributed by atoms with Crippen molar-refractivity contribution in [3.8, 4) is 0 Å². The molecular formula is C19H24NOY-. The Morgan fingerprint density at radius 3 is 2.55 bits per heavy atom. The van der Waals surface area contributed by atoms with Crippen molar-refractivity contribution in [1.82, 2.24) is 0 Å². The number of hydrogen-bond donors (Lipinski definition) is 0. The Morgan fingerprint density at radius 2 is 1.95 bits per heavy atom. The van der Waals surface area contributed by atoms with Gasteiger partial charge in [0.25, 0.3) is 0 Å². The number of hydrogen-bond acceptors (Lipinski definition) is 2. The largest absolute Gasteiger partial charge is 0.377 e. The van der Waals surface area contributed by atoms with Crippen LogP contribution in [0, 0.1) is 19.3 Å². The molecule has 0 amide bonds. The molecule has 3 rings (SSSR count). The SMILES string of the molecule is [CH2-]CC12CCC(=O)C(C)=C1c1cc(C)c(N(C)C)cc1C2.[Y]. The van der Waals surface area contributed by atoms with Gasteiger partial charge >= 0.3 is 0 Å². The molecule has 0 bridgehead atoms. The van der Waals surface area contributed by atoms with Crippen LogP contribution in [0.25, 0.3) is 5.57 Å². The van der Waals surface area contributed by atoms with E-state index in [4.69, 9.17) is 0 Å². The van der Waals surface area contributed by atoms with Gasteiger partial charge in [0.2, 0.25) is 0 Å². The van der Waals surface area contributed by atoms with E-state index in [0.717, 1.165) is 24.8 Å². The van der Waals surface area contributed by atoms with E-state index in [-0.39, 0.29) is 38.1 Å². The van der Waals surface area contributed by atoms with Crippen molar-refractivity contribution < 1.29 is 37.5 Å². The third kappa shape index (κ3) is 2.53. The second-order valence-electron chi connectivity index (χ2n) is 6.82. The molecule has 1 atom stereocenters. The minimum absolute atomic E-state index is 0. The maximum absolute atomic E-state index is 12.2. The molecule has 1 radical (unpaired) electrons. The van der Waals surface area contributed by atoms with Crippen LogP contribution in [0.15, 0.2) is 17.7 Å². The van der Waals surface area contributed by atoms with E-state index >= 15 is 0 Å². The van der Waals surface area contributed by atoms with E-state index < -0.39 is 0 Å². The summed E-state index contributed by atoms with van der Waals surface area (Å²) in [6.45, 7) is 8.37. The summed E-state index contributed by atoms with van der Waals surface area (Å²) in [6.07, 6.45) is 3.54. The first kappa shape index (κ1) is 17.9. The van der Waals surface area contributed by atoms with Crippen LogP contribution in [-0.4, -0.2) is 19.9 Å². The Bertz CT molecular complexity index is 660. The molecule has 2 aliphatic carbocycles. The number of carbonyl (C=O) groups excluding carboxylic acids is 1. The number of allylic oxidation sites excluding steroid dienone is 2. The minimum atomic E-state index is 0. The van der Waals surface area contributed by atoms with Crippen molar-refractivity contribution in [3.63, 3.8) is 0 Å². The van der Waals surface area contributed by atoms with Crippen molar-refractivity contribution in [2.24, 2.45) is 5.41 Å². The Labute approximate surface area is 159 Å². The monoisotopic (exact) mass is 371 g/mol. The van der Waals surface area contributed by atoms with Crippen molar-refractivity contribution in [2.45, 2.75) is 39.5 Å². The number of fused-ring (bicyclic) bond motifs is 3. The first-order chi connectivity index (χ1) is 9.89. The zero-order chi connectivity index (χ0) is 15.4. The molecule has 0 fully saturated rings. The molecule has 3 heteroatoms. The van der Waals surface area contributed by atoms with E-state index in [2.05, 4.69) is 45.0 Å². The smallest absolute Gasteiger partial charge is 0.158 e. The number of benzene rings is 1. The molecule has 1 unspecified atom stereocenters. The number of rotatable bonds is 2. The molecule has 0 aromatic heterocycles. The van der Waals surface area contributed by atoms with E-state index in [1.54, 1.807) is 0 Å². The van der Waals surface area contributed by atoms with Crippen molar-refractivity contribution >= 4 is 17.0 Å². The quantitative estimate of drug-likeness (QED) is 0.734. The van der Waals surface area contributed by atoms with Crippen LogP contribution in [-0.2, 0) is 43.9 Å². The Morgan fingerprint density at radius 1 is 1.27 bits per heavy atom. The molecule has 2 aliphatic rings. The number of anilines is 1. The fourth-order valence-corrected chi connectivity index (χ4v) is 4.17. The molecule has 0 N–H and O–H groups in total. The third-order valence-electron chi connectivity index (χ3n) is 5.33. The summed E-state index contributed by atoms with van der Waals surface area (Å²) in [5.41, 5.74) is 7.59. The van der Waals surface area contributed by atoms with E-state index in [9.17, 15) is 4.79 Å². The molecule has 0 spiro atoms. The van der Waals surface area contributed by atoms with E-state index in [0.29, 0.717) is 12.2 Å². The minimum Gasteiger partial charge on any atom is -0.377 e. The standard InChI is InChI=1S/C19H24NO.Y/c1-6-19-8-7-17(21)13(3)18(19)15-9-12(2)16(20(4)5)10-14(15)11-19;/h9-10H,1,6-8,11H2,2-5H3;/q-1;. The summed E-state index contributed by atoms with van der Waals surface area (Å²) >= 11 is 0. The molecule has 2 nitrogen and oxygen atoms in total. The van der Waals surface area contributed by atoms with E-state index in [1.807, 2.05) is 6.92 Å². The molecule has 115 valence electrons. The van der Waals surface area contributed by atoms with Gasteiger partial charge in [-0.25, -0.2) is 0 Å². The molecule has 1 aromatic carbocycles. The van der Waals surface area contributed by atoms with Crippen LogP contribution >= 0.6 is 0 Å². The van der Waals surface area contributed by atoms with Crippen molar-refractivity contribution in [1.29, 1.82) is 0 Å². The second-order valence-corrected chi connectivity index (χ2v) is 6.82. The van der Waals surface area contributed by atoms with Gasteiger partial charge in [0, 0.05) is 58.9 Å². The fraction of sp³-hybridized carbons (Fsp3) is 0.474. The summed E-state index contributed by atoms with van der Waals surface area (Å²) in [4.78, 5) is 14.3. The summed E-state index contributed by atoms with van der Waals surface area (Å²) < 4.78 is 0. The molecule has 22 heavy (non-hydrogen) atoms. The first-order valence-electron chi connectivity index (χ1n) is 7.74. The average Bonchev–Trinajstić information content (AvgIpc) is 2.76. The molecule has 0 saturated heterocycles. The van der Waals surface area contributed by atoms with Crippen LogP contribution in [0.3, 0.4) is 0 Å². The van der Waals surface area contributed by atoms with Crippen molar-refractivity contribution in [2.75, 3.05) is 19.0 Å². The van der Waals surface area contributed by atoms with Crippen LogP contribution in [0.5, 0.6) is 0 Å². The summed E-state index contributed by atoms with van der Waals surface area (Å²) in [6, 6.07) is 4.59. The van der Waals surface area contributed by atoms with Gasteiger partial charge in [-0.2, -0.15) is 6.42 Å². The normalized spacial score (nSPS) is 23.0. The van der Waals surface area contributed by atoms with Gasteiger partial charge in [0.1, 0.15) is 0 Å². The summed E-state index contributed by atoms with van der Waals surface area (Å²) in [5.74, 6) is 0.316. The number of ketones is 1. The van der Waals surface area contributed by atoms with Crippen molar-refractivity contribution in [3.05, 3.63) is 41.3 Å². The number of nitrogens with zero attached hydrogens (tertiary/aromatic N) is 1. The topological polar surface area (TPSA) is 20.3 Å². The number of aryl methyl sites for hydroxylation is 1. The zero-order valence-corrected chi connectivity index (χ0v) is 17.0. The molecule has 0 saturated carbocycles. The van der Waals surface area contributed by atoms with Gasteiger partial charge in [-0.1, -0.05) is 0 Å². The molecular weight excluding hydrogens is 347 g/mol. The second kappa shape index (κ2) is 6.21. The van der Waals surface area contributed by atoms with Gasteiger partial charge in [-0.15, -0.1) is 0 Å². The van der Waals surface area contributed by atoms with Gasteiger partial charge in [0.15, 0.2) is 5.78 Å². The average molecular weight is 371 g/mol. The summed E-state index contributed by atoms with van der Waals surface area (Å²) in [7, 11) is 4.17. The third-order valence-corrected chi connectivity index (χ3v) is 5.33. The molecule has 0 heterocycles. The Hall–Kier alpha value is -0.466. The van der Waals surface area contributed by atoms with Crippen LogP contribution in [0.4, 0.5) is 5.69 Å². The molecule has 0 aliphatic heterocycles. The van der Waals surface area contributed by atoms with Crippen LogP contribution < -0.4 is 4.90 Å². The molecule has 1 aromatic rings. The van der Waals surface area contributed by atoms with E-state index in [1.165, 1.54) is 28.0 Å². The van der Waals surface area contributed by atoms with Gasteiger partial charge in [-0.05, 0) is 72.1 Å². The number of Topliss-reactive ketones (excluding diaryl/α,β-unsaturated/α-hetero) is 1. The van der Waals surface area contributed by atoms with Crippen LogP contribution in [0.2, 0.25) is 0 Å². The maximum atomic E-state index is 12.2. The Kier molecular flexibility index (Phi) is 5.04. The fourth-order valence-electron chi connectivity index (χ4n) is 4.17. The van der Waals surface area contributed by atoms with Gasteiger partial charge < -0.3 is 11.8 Å².